The Morgan fingerprint density at radius 3 is 3.06 bits per heavy atom. The van der Waals surface area contributed by atoms with Crippen molar-refractivity contribution in [2.45, 2.75) is 25.3 Å². The van der Waals surface area contributed by atoms with Gasteiger partial charge in [-0.1, -0.05) is 6.42 Å². The van der Waals surface area contributed by atoms with Gasteiger partial charge < -0.3 is 10.2 Å². The highest BCUT2D eigenvalue weighted by Crippen LogP contribution is 2.14. The molecular weight excluding hydrogens is 202 g/mol. The van der Waals surface area contributed by atoms with Gasteiger partial charge >= 0.3 is 0 Å². The van der Waals surface area contributed by atoms with E-state index >= 15 is 0 Å². The molecule has 4 heteroatoms. The molecular formula is C12H17N3O. The van der Waals surface area contributed by atoms with E-state index in [-0.39, 0.29) is 11.9 Å². The summed E-state index contributed by atoms with van der Waals surface area (Å²) >= 11 is 0. The van der Waals surface area contributed by atoms with Crippen molar-refractivity contribution >= 4 is 11.6 Å². The molecule has 1 aromatic rings. The Morgan fingerprint density at radius 1 is 1.56 bits per heavy atom. The number of hydrogen-bond donors (Lipinski definition) is 1. The zero-order valence-electron chi connectivity index (χ0n) is 9.52. The van der Waals surface area contributed by atoms with Crippen LogP contribution in [0.25, 0.3) is 0 Å². The molecule has 0 saturated carbocycles. The summed E-state index contributed by atoms with van der Waals surface area (Å²) in [6, 6.07) is 3.71. The first-order valence-electron chi connectivity index (χ1n) is 5.70. The predicted molar refractivity (Wildman–Crippen MR) is 63.3 cm³/mol. The fraction of sp³-hybridized carbons (Fsp3) is 0.500. The largest absolute Gasteiger partial charge is 0.313 e. The zero-order valence-corrected chi connectivity index (χ0v) is 9.52. The molecule has 0 unspecified atom stereocenters. The molecule has 1 aliphatic heterocycles. The van der Waals surface area contributed by atoms with Crippen molar-refractivity contribution in [1.29, 1.82) is 0 Å². The van der Waals surface area contributed by atoms with Gasteiger partial charge in [0, 0.05) is 13.2 Å². The Bertz CT molecular complexity index is 347. The minimum atomic E-state index is -0.0287. The summed E-state index contributed by atoms with van der Waals surface area (Å²) in [5, 5.41) is 3.26. The quantitative estimate of drug-likeness (QED) is 0.812. The highest BCUT2D eigenvalue weighted by molar-refractivity contribution is 5.96. The number of amides is 1. The number of piperidine rings is 1. The van der Waals surface area contributed by atoms with Crippen molar-refractivity contribution in [1.82, 2.24) is 10.3 Å². The van der Waals surface area contributed by atoms with Gasteiger partial charge in [0.1, 0.15) is 0 Å². The first kappa shape index (κ1) is 11.1. The summed E-state index contributed by atoms with van der Waals surface area (Å²) in [6.45, 7) is 0.942. The second kappa shape index (κ2) is 5.07. The summed E-state index contributed by atoms with van der Waals surface area (Å²) < 4.78 is 0. The van der Waals surface area contributed by atoms with Gasteiger partial charge in [-0.2, -0.15) is 0 Å². The third-order valence-corrected chi connectivity index (χ3v) is 2.97. The maximum atomic E-state index is 12.1. The van der Waals surface area contributed by atoms with Gasteiger partial charge in [-0.3, -0.25) is 9.78 Å². The molecule has 2 heterocycles. The third kappa shape index (κ3) is 2.39. The summed E-state index contributed by atoms with van der Waals surface area (Å²) in [5.74, 6) is 0.132. The van der Waals surface area contributed by atoms with E-state index in [4.69, 9.17) is 0 Å². The Labute approximate surface area is 95.7 Å². The monoisotopic (exact) mass is 219 g/mol. The van der Waals surface area contributed by atoms with Crippen molar-refractivity contribution in [3.8, 4) is 0 Å². The van der Waals surface area contributed by atoms with Crippen molar-refractivity contribution in [3.63, 3.8) is 0 Å². The number of nitrogens with one attached hydrogen (secondary N) is 1. The number of carbonyl (C=O) groups is 1. The number of anilines is 1. The first-order chi connectivity index (χ1) is 7.79. The molecule has 0 spiro atoms. The maximum Gasteiger partial charge on any atom is 0.243 e. The van der Waals surface area contributed by atoms with Crippen LogP contribution in [0.5, 0.6) is 0 Å². The Hall–Kier alpha value is -1.42. The van der Waals surface area contributed by atoms with Crippen LogP contribution in [-0.4, -0.2) is 30.5 Å². The van der Waals surface area contributed by atoms with E-state index in [1.54, 1.807) is 24.3 Å². The maximum absolute atomic E-state index is 12.1. The van der Waals surface area contributed by atoms with E-state index in [1.807, 2.05) is 12.1 Å². The molecule has 0 bridgehead atoms. The Kier molecular flexibility index (Phi) is 3.51. The van der Waals surface area contributed by atoms with E-state index in [9.17, 15) is 4.79 Å². The van der Waals surface area contributed by atoms with E-state index in [0.29, 0.717) is 0 Å². The van der Waals surface area contributed by atoms with Gasteiger partial charge in [0.2, 0.25) is 5.91 Å². The number of hydrogen-bond acceptors (Lipinski definition) is 3. The molecule has 1 saturated heterocycles. The van der Waals surface area contributed by atoms with Crippen LogP contribution in [0.3, 0.4) is 0 Å². The number of likely N-dealkylation sites (N-methyl/N-ethyl adjacent to an activating group) is 1. The normalized spacial score (nSPS) is 20.4. The molecule has 86 valence electrons. The van der Waals surface area contributed by atoms with Crippen LogP contribution in [0.1, 0.15) is 19.3 Å². The molecule has 0 radical (unpaired) electrons. The zero-order chi connectivity index (χ0) is 11.4. The molecule has 16 heavy (non-hydrogen) atoms. The van der Waals surface area contributed by atoms with Crippen LogP contribution in [0.4, 0.5) is 5.69 Å². The molecule has 0 aromatic carbocycles. The van der Waals surface area contributed by atoms with Crippen molar-refractivity contribution in [2.75, 3.05) is 18.5 Å². The van der Waals surface area contributed by atoms with Crippen LogP contribution in [-0.2, 0) is 4.79 Å². The lowest BCUT2D eigenvalue weighted by Crippen LogP contribution is -2.47. The average molecular weight is 219 g/mol. The van der Waals surface area contributed by atoms with Crippen LogP contribution in [0.15, 0.2) is 24.5 Å². The molecule has 1 atom stereocenters. The number of nitrogens with zero attached hydrogens (tertiary/aromatic N) is 2. The van der Waals surface area contributed by atoms with Gasteiger partial charge in [-0.15, -0.1) is 0 Å². The number of pyridine rings is 1. The van der Waals surface area contributed by atoms with Crippen LogP contribution < -0.4 is 10.2 Å². The van der Waals surface area contributed by atoms with Gasteiger partial charge in [0.15, 0.2) is 0 Å². The summed E-state index contributed by atoms with van der Waals surface area (Å²) in [5.41, 5.74) is 0.847. The lowest BCUT2D eigenvalue weighted by atomic mass is 10.0. The fourth-order valence-corrected chi connectivity index (χ4v) is 1.98. The van der Waals surface area contributed by atoms with Crippen LogP contribution >= 0.6 is 0 Å². The lowest BCUT2D eigenvalue weighted by Gasteiger charge is -2.27. The van der Waals surface area contributed by atoms with Crippen molar-refractivity contribution in [3.05, 3.63) is 24.5 Å². The highest BCUT2D eigenvalue weighted by Gasteiger charge is 2.24. The van der Waals surface area contributed by atoms with Gasteiger partial charge in [-0.25, -0.2) is 0 Å². The Morgan fingerprint density at radius 2 is 2.44 bits per heavy atom. The molecule has 0 aliphatic carbocycles. The van der Waals surface area contributed by atoms with E-state index in [2.05, 4.69) is 10.3 Å². The fourth-order valence-electron chi connectivity index (χ4n) is 1.98. The smallest absolute Gasteiger partial charge is 0.243 e. The molecule has 1 N–H and O–H groups in total. The van der Waals surface area contributed by atoms with Crippen molar-refractivity contribution < 1.29 is 4.79 Å². The van der Waals surface area contributed by atoms with Crippen LogP contribution in [0.2, 0.25) is 0 Å². The van der Waals surface area contributed by atoms with E-state index in [0.717, 1.165) is 25.1 Å². The summed E-state index contributed by atoms with van der Waals surface area (Å²) in [6.07, 6.45) is 6.65. The standard InChI is InChI=1S/C12H17N3O/c1-15(10-5-4-7-13-9-10)12(16)11-6-2-3-8-14-11/h4-5,7,9,11,14H,2-3,6,8H2,1H3/t11-/m0/s1. The minimum Gasteiger partial charge on any atom is -0.313 e. The second-order valence-electron chi connectivity index (χ2n) is 4.11. The average Bonchev–Trinajstić information content (AvgIpc) is 2.39. The SMILES string of the molecule is CN(C(=O)[C@@H]1CCCCN1)c1cccnc1. The lowest BCUT2D eigenvalue weighted by molar-refractivity contribution is -0.120. The van der Waals surface area contributed by atoms with Crippen LogP contribution in [0, 0.1) is 0 Å². The van der Waals surface area contributed by atoms with Crippen molar-refractivity contribution in [2.24, 2.45) is 0 Å². The third-order valence-electron chi connectivity index (χ3n) is 2.97. The topological polar surface area (TPSA) is 45.2 Å². The van der Waals surface area contributed by atoms with E-state index in [1.165, 1.54) is 6.42 Å². The molecule has 4 nitrogen and oxygen atoms in total. The minimum absolute atomic E-state index is 0.0287. The molecule has 1 aliphatic rings. The number of carbonyl (C=O) groups excluding carboxylic acids is 1. The summed E-state index contributed by atoms with van der Waals surface area (Å²) in [7, 11) is 1.80. The van der Waals surface area contributed by atoms with Gasteiger partial charge in [0.25, 0.3) is 0 Å². The van der Waals surface area contributed by atoms with Gasteiger partial charge in [-0.05, 0) is 31.5 Å². The van der Waals surface area contributed by atoms with E-state index < -0.39 is 0 Å². The second-order valence-corrected chi connectivity index (χ2v) is 4.11. The Balaban J connectivity index is 2.04. The molecule has 1 fully saturated rings. The first-order valence-corrected chi connectivity index (χ1v) is 5.70. The predicted octanol–water partition coefficient (Wildman–Crippen LogP) is 1.19. The number of aromatic nitrogens is 1. The molecule has 1 aromatic heterocycles. The molecule has 2 rings (SSSR count). The molecule has 1 amide bonds. The number of rotatable bonds is 2. The summed E-state index contributed by atoms with van der Waals surface area (Å²) in [4.78, 5) is 17.8. The highest BCUT2D eigenvalue weighted by atomic mass is 16.2. The van der Waals surface area contributed by atoms with Gasteiger partial charge in [0.05, 0.1) is 17.9 Å².